The van der Waals surface area contributed by atoms with Crippen LogP contribution in [-0.2, 0) is 14.3 Å². The van der Waals surface area contributed by atoms with Gasteiger partial charge in [-0.25, -0.2) is 9.18 Å². The summed E-state index contributed by atoms with van der Waals surface area (Å²) >= 11 is 0. The van der Waals surface area contributed by atoms with Crippen LogP contribution in [0, 0.1) is 17.6 Å². The minimum absolute atomic E-state index is 0.499. The van der Waals surface area contributed by atoms with Gasteiger partial charge in [0.05, 0.1) is 22.3 Å². The summed E-state index contributed by atoms with van der Waals surface area (Å²) < 4.78 is 125. The highest BCUT2D eigenvalue weighted by atomic mass is 19.4. The van der Waals surface area contributed by atoms with E-state index < -0.39 is 72.7 Å². The van der Waals surface area contributed by atoms with Crippen molar-refractivity contribution in [3.8, 4) is 5.75 Å². The molecule has 0 unspecified atom stereocenters. The highest BCUT2D eigenvalue weighted by Gasteiger charge is 2.66. The molecule has 1 aliphatic rings. The van der Waals surface area contributed by atoms with Crippen LogP contribution in [0.2, 0.25) is 0 Å². The molecular formula is C16H17F5O4. The first-order valence-corrected chi connectivity index (χ1v) is 6.93. The van der Waals surface area contributed by atoms with E-state index in [0.717, 1.165) is 13.0 Å². The molecule has 4 nitrogen and oxygen atoms in total. The third-order valence-corrected chi connectivity index (χ3v) is 4.54. The zero-order chi connectivity index (χ0) is 24.2. The lowest BCUT2D eigenvalue weighted by Crippen LogP contribution is -2.47. The van der Waals surface area contributed by atoms with E-state index >= 15 is 0 Å². The number of carbonyl (C=O) groups excluding carboxylic acids is 1. The van der Waals surface area contributed by atoms with Gasteiger partial charge in [-0.05, 0) is 13.0 Å². The molecule has 0 radical (unpaired) electrons. The zero-order valence-electron chi connectivity index (χ0n) is 18.9. The number of hydrogen-bond donors (Lipinski definition) is 0. The molecule has 1 aromatic carbocycles. The summed E-state index contributed by atoms with van der Waals surface area (Å²) in [7, 11) is -6.66. The average molecular weight is 374 g/mol. The number of carbonyl (C=O) groups is 1. The Hall–Kier alpha value is -1.90. The molecule has 1 saturated heterocycles. The number of hydrogen-bond acceptors (Lipinski definition) is 4. The highest BCUT2D eigenvalue weighted by molar-refractivity contribution is 5.77. The summed E-state index contributed by atoms with van der Waals surface area (Å²) in [6, 6.07) is 1.24. The molecule has 140 valence electrons. The molecule has 0 spiro atoms. The van der Waals surface area contributed by atoms with E-state index in [1.165, 1.54) is 0 Å². The van der Waals surface area contributed by atoms with Gasteiger partial charge < -0.3 is 14.2 Å². The Morgan fingerprint density at radius 3 is 2.56 bits per heavy atom. The summed E-state index contributed by atoms with van der Waals surface area (Å²) in [5.74, 6) is -9.86. The second-order valence-electron chi connectivity index (χ2n) is 5.76. The molecule has 0 aliphatic carbocycles. The molecule has 2 rings (SSSR count). The Kier molecular flexibility index (Phi) is 3.21. The minimum Gasteiger partial charge on any atom is -0.493 e. The van der Waals surface area contributed by atoms with E-state index in [0.29, 0.717) is 13.0 Å². The van der Waals surface area contributed by atoms with Crippen LogP contribution in [0.15, 0.2) is 12.1 Å². The van der Waals surface area contributed by atoms with Gasteiger partial charge in [-0.2, -0.15) is 17.6 Å². The van der Waals surface area contributed by atoms with Crippen molar-refractivity contribution in [1.29, 1.82) is 0 Å². The lowest BCUT2D eigenvalue weighted by molar-refractivity contribution is -0.274. The molecule has 0 aromatic heterocycles. The van der Waals surface area contributed by atoms with E-state index in [4.69, 9.17) is 13.0 Å². The number of esters is 1. The number of benzene rings is 1. The van der Waals surface area contributed by atoms with Crippen molar-refractivity contribution in [2.75, 3.05) is 14.1 Å². The average Bonchev–Trinajstić information content (AvgIpc) is 2.83. The molecule has 1 heterocycles. The van der Waals surface area contributed by atoms with Gasteiger partial charge in [0.15, 0.2) is 23.3 Å². The van der Waals surface area contributed by atoms with Crippen LogP contribution >= 0.6 is 0 Å². The molecular weight excluding hydrogens is 351 g/mol. The molecule has 9 heteroatoms. The topological polar surface area (TPSA) is 44.8 Å². The summed E-state index contributed by atoms with van der Waals surface area (Å²) in [6.07, 6.45) is -7.32. The normalized spacial score (nSPS) is 34.1. The largest absolute Gasteiger partial charge is 0.493 e. The van der Waals surface area contributed by atoms with Crippen molar-refractivity contribution in [2.24, 2.45) is 5.92 Å². The Morgan fingerprint density at radius 2 is 2.00 bits per heavy atom. The molecule has 0 bridgehead atoms. The fourth-order valence-electron chi connectivity index (χ4n) is 2.97. The van der Waals surface area contributed by atoms with Crippen molar-refractivity contribution >= 4 is 5.97 Å². The van der Waals surface area contributed by atoms with Crippen LogP contribution in [-0.4, -0.2) is 37.9 Å². The number of alkyl halides is 3. The molecule has 0 saturated carbocycles. The van der Waals surface area contributed by atoms with E-state index in [1.807, 2.05) is 0 Å². The maximum absolute atomic E-state index is 14.4. The highest BCUT2D eigenvalue weighted by Crippen LogP contribution is 2.54. The molecule has 1 fully saturated rings. The molecule has 0 amide bonds. The van der Waals surface area contributed by atoms with Crippen molar-refractivity contribution in [2.45, 2.75) is 37.6 Å². The molecule has 1 aromatic rings. The van der Waals surface area contributed by atoms with Gasteiger partial charge in [-0.3, -0.25) is 0 Å². The Bertz CT molecular complexity index is 857. The number of halogens is 5. The summed E-state index contributed by atoms with van der Waals surface area (Å²) in [5, 5.41) is 0. The standard InChI is InChI=1S/C16H17F5O4/c1-7-10(8-5-6-9(17)11(18)12(8)23-3)13(14(22)24-4)25-15(7,2)16(19,20)21/h5-7,10,13H,1-4H3/t7-,10-,13-,15+/m0/s1/i3D3,4D3. The van der Waals surface area contributed by atoms with Crippen LogP contribution in [0.5, 0.6) is 5.75 Å². The van der Waals surface area contributed by atoms with Crippen LogP contribution in [0.4, 0.5) is 22.0 Å². The first-order chi connectivity index (χ1) is 13.8. The predicted octanol–water partition coefficient (Wildman–Crippen LogP) is 3.59. The SMILES string of the molecule is [2H]C([2H])([2H])OC(=O)[C@H]1O[C@@](C)(C(F)(F)F)[C@@H](C)[C@H]1c1ccc(F)c(F)c1OC([2H])([2H])[2H]. The first kappa shape index (κ1) is 12.5. The minimum atomic E-state index is -5.08. The van der Waals surface area contributed by atoms with E-state index in [-0.39, 0.29) is 0 Å². The smallest absolute Gasteiger partial charge is 0.417 e. The van der Waals surface area contributed by atoms with Crippen molar-refractivity contribution in [3.05, 3.63) is 29.3 Å². The van der Waals surface area contributed by atoms with Gasteiger partial charge in [0, 0.05) is 17.4 Å². The van der Waals surface area contributed by atoms with Crippen LogP contribution in [0.25, 0.3) is 0 Å². The maximum atomic E-state index is 14.4. The van der Waals surface area contributed by atoms with Crippen LogP contribution in [0.1, 0.15) is 33.6 Å². The lowest BCUT2D eigenvalue weighted by Gasteiger charge is -2.31. The maximum Gasteiger partial charge on any atom is 0.417 e. The third kappa shape index (κ3) is 2.94. The fraction of sp³-hybridized carbons (Fsp3) is 0.562. The Morgan fingerprint density at radius 1 is 1.32 bits per heavy atom. The van der Waals surface area contributed by atoms with Crippen molar-refractivity contribution < 1.29 is 49.2 Å². The van der Waals surface area contributed by atoms with Crippen LogP contribution < -0.4 is 4.74 Å². The summed E-state index contributed by atoms with van der Waals surface area (Å²) in [6.45, 7) is 1.55. The fourth-order valence-corrected chi connectivity index (χ4v) is 2.97. The van der Waals surface area contributed by atoms with Gasteiger partial charge in [0.25, 0.3) is 0 Å². The van der Waals surface area contributed by atoms with Gasteiger partial charge >= 0.3 is 12.1 Å². The predicted molar refractivity (Wildman–Crippen MR) is 76.2 cm³/mol. The molecule has 1 aliphatic heterocycles. The monoisotopic (exact) mass is 374 g/mol. The van der Waals surface area contributed by atoms with E-state index in [2.05, 4.69) is 9.47 Å². The van der Waals surface area contributed by atoms with E-state index in [1.54, 1.807) is 0 Å². The van der Waals surface area contributed by atoms with Gasteiger partial charge in [0.2, 0.25) is 5.82 Å². The molecule has 25 heavy (non-hydrogen) atoms. The quantitative estimate of drug-likeness (QED) is 0.599. The third-order valence-electron chi connectivity index (χ3n) is 4.54. The second-order valence-corrected chi connectivity index (χ2v) is 5.76. The second kappa shape index (κ2) is 6.44. The summed E-state index contributed by atoms with van der Waals surface area (Å²) in [5.41, 5.74) is -3.68. The molecule has 0 N–H and O–H groups in total. The molecule has 4 atom stereocenters. The lowest BCUT2D eigenvalue weighted by atomic mass is 9.77. The number of rotatable bonds is 3. The van der Waals surface area contributed by atoms with Crippen molar-refractivity contribution in [1.82, 2.24) is 0 Å². The van der Waals surface area contributed by atoms with Gasteiger partial charge in [-0.1, -0.05) is 13.0 Å². The summed E-state index contributed by atoms with van der Waals surface area (Å²) in [4.78, 5) is 12.4. The van der Waals surface area contributed by atoms with Gasteiger partial charge in [0.1, 0.15) is 0 Å². The zero-order valence-corrected chi connectivity index (χ0v) is 12.9. The number of ether oxygens (including phenoxy) is 3. The Balaban J connectivity index is 2.70. The van der Waals surface area contributed by atoms with Crippen molar-refractivity contribution in [3.63, 3.8) is 0 Å². The van der Waals surface area contributed by atoms with Crippen LogP contribution in [0.3, 0.4) is 0 Å². The van der Waals surface area contributed by atoms with Gasteiger partial charge in [-0.15, -0.1) is 0 Å². The Labute approximate surface area is 149 Å². The first-order valence-electron chi connectivity index (χ1n) is 9.93. The number of methoxy groups -OCH3 is 2. The van der Waals surface area contributed by atoms with E-state index in [9.17, 15) is 26.7 Å².